The fourth-order valence-corrected chi connectivity index (χ4v) is 2.71. The zero-order valence-corrected chi connectivity index (χ0v) is 11.1. The zero-order chi connectivity index (χ0) is 11.9. The van der Waals surface area contributed by atoms with E-state index in [1.165, 1.54) is 14.2 Å². The third-order valence-corrected chi connectivity index (χ3v) is 3.39. The molecule has 0 aliphatic heterocycles. The van der Waals surface area contributed by atoms with Crippen molar-refractivity contribution in [3.8, 4) is 0 Å². The Hall–Kier alpha value is -0.0231. The second kappa shape index (κ2) is 7.28. The molecule has 0 rings (SSSR count). The molecule has 0 atom stereocenters. The molecule has 0 aromatic carbocycles. The van der Waals surface area contributed by atoms with Crippen molar-refractivity contribution < 1.29 is 27.8 Å². The van der Waals surface area contributed by atoms with Crippen LogP contribution in [-0.4, -0.2) is 35.5 Å². The number of hydrogen-bond donors (Lipinski definition) is 0. The Kier molecular flexibility index (Phi) is 7.27. The van der Waals surface area contributed by atoms with Crippen molar-refractivity contribution in [2.24, 2.45) is 0 Å². The van der Waals surface area contributed by atoms with Crippen LogP contribution in [0.3, 0.4) is 0 Å². The van der Waals surface area contributed by atoms with Crippen LogP contribution in [0.25, 0.3) is 0 Å². The Balaban J connectivity index is 4.55. The first-order chi connectivity index (χ1) is 6.95. The summed E-state index contributed by atoms with van der Waals surface area (Å²) in [6.45, 7) is 7.35. The maximum atomic E-state index is 5.45. The highest BCUT2D eigenvalue weighted by Gasteiger charge is 2.51. The summed E-state index contributed by atoms with van der Waals surface area (Å²) in [4.78, 5) is 9.14. The van der Waals surface area contributed by atoms with Crippen LogP contribution in [0.15, 0.2) is 0 Å². The molecule has 0 aromatic heterocycles. The minimum Gasteiger partial charge on any atom is -0.346 e. The number of hydrogen-bond acceptors (Lipinski definition) is 6. The topological polar surface area (TPSA) is 55.4 Å². The molecular formula is C8H20O6Si. The molecule has 0 bridgehead atoms. The van der Waals surface area contributed by atoms with Crippen molar-refractivity contribution in [1.29, 1.82) is 0 Å². The smallest absolute Gasteiger partial charge is 0.346 e. The molecule has 0 fully saturated rings. The Morgan fingerprint density at radius 1 is 0.733 bits per heavy atom. The van der Waals surface area contributed by atoms with E-state index in [9.17, 15) is 0 Å². The first kappa shape index (κ1) is 15.0. The summed E-state index contributed by atoms with van der Waals surface area (Å²) in [6, 6.07) is 0. The van der Waals surface area contributed by atoms with E-state index in [-0.39, 0.29) is 12.2 Å². The normalized spacial score (nSPS) is 12.8. The first-order valence-corrected chi connectivity index (χ1v) is 6.38. The van der Waals surface area contributed by atoms with E-state index in [2.05, 4.69) is 9.78 Å². The fraction of sp³-hybridized carbons (Fsp3) is 1.00. The van der Waals surface area contributed by atoms with Crippen molar-refractivity contribution in [2.45, 2.75) is 39.9 Å². The van der Waals surface area contributed by atoms with Gasteiger partial charge in [0.1, 0.15) is 0 Å². The van der Waals surface area contributed by atoms with Gasteiger partial charge in [0.25, 0.3) is 0 Å². The van der Waals surface area contributed by atoms with Gasteiger partial charge in [-0.25, -0.2) is 9.78 Å². The van der Waals surface area contributed by atoms with E-state index < -0.39 is 9.05 Å². The van der Waals surface area contributed by atoms with Gasteiger partial charge in [0.05, 0.1) is 14.2 Å². The summed E-state index contributed by atoms with van der Waals surface area (Å²) in [7, 11) is -0.656. The molecule has 0 aliphatic carbocycles. The maximum Gasteiger partial charge on any atom is 0.736 e. The lowest BCUT2D eigenvalue weighted by Gasteiger charge is -2.27. The highest BCUT2D eigenvalue weighted by Crippen LogP contribution is 2.16. The van der Waals surface area contributed by atoms with Crippen LogP contribution in [-0.2, 0) is 27.8 Å². The van der Waals surface area contributed by atoms with Gasteiger partial charge in [-0.3, -0.25) is 0 Å². The van der Waals surface area contributed by atoms with Gasteiger partial charge in [-0.2, -0.15) is 9.15 Å². The highest BCUT2D eigenvalue weighted by molar-refractivity contribution is 6.53. The van der Waals surface area contributed by atoms with Crippen LogP contribution in [0.5, 0.6) is 0 Å². The van der Waals surface area contributed by atoms with E-state index in [0.29, 0.717) is 0 Å². The molecule has 0 amide bonds. The van der Waals surface area contributed by atoms with Gasteiger partial charge in [0.2, 0.25) is 0 Å². The molecule has 0 N–H and O–H groups in total. The largest absolute Gasteiger partial charge is 0.736 e. The Bertz CT molecular complexity index is 145. The second-order valence-electron chi connectivity index (χ2n) is 3.33. The lowest BCUT2D eigenvalue weighted by molar-refractivity contribution is -0.326. The third-order valence-electron chi connectivity index (χ3n) is 1.13. The molecule has 7 heteroatoms. The van der Waals surface area contributed by atoms with E-state index in [1.807, 2.05) is 27.7 Å². The van der Waals surface area contributed by atoms with Gasteiger partial charge < -0.3 is 8.85 Å². The molecule has 0 aromatic rings. The Morgan fingerprint density at radius 3 is 1.27 bits per heavy atom. The molecule has 0 spiro atoms. The molecule has 0 aliphatic rings. The highest BCUT2D eigenvalue weighted by atomic mass is 28.4. The van der Waals surface area contributed by atoms with Crippen LogP contribution in [0.1, 0.15) is 27.7 Å². The van der Waals surface area contributed by atoms with Gasteiger partial charge in [0, 0.05) is 12.2 Å². The standard InChI is InChI=1S/C8H20O6Si/c1-7(2)11-15(13-9-5,14-10-6)12-8(3)4/h7-8H,1-6H3. The van der Waals surface area contributed by atoms with Crippen LogP contribution in [0, 0.1) is 0 Å². The van der Waals surface area contributed by atoms with Crippen molar-refractivity contribution in [1.82, 2.24) is 0 Å². The summed E-state index contributed by atoms with van der Waals surface area (Å²) < 4.78 is 20.8. The van der Waals surface area contributed by atoms with E-state index in [1.54, 1.807) is 0 Å². The lowest BCUT2D eigenvalue weighted by Crippen LogP contribution is -2.51. The van der Waals surface area contributed by atoms with Crippen molar-refractivity contribution in [2.75, 3.05) is 14.2 Å². The molecule has 92 valence electrons. The SMILES string of the molecule is COO[Si](OOC)(OC(C)C)OC(C)C. The van der Waals surface area contributed by atoms with Crippen LogP contribution in [0.4, 0.5) is 0 Å². The molecule has 15 heavy (non-hydrogen) atoms. The second-order valence-corrected chi connectivity index (χ2v) is 5.14. The Labute approximate surface area is 91.7 Å². The maximum absolute atomic E-state index is 5.45. The van der Waals surface area contributed by atoms with Gasteiger partial charge in [-0.15, -0.1) is 0 Å². The molecule has 0 heterocycles. The van der Waals surface area contributed by atoms with E-state index >= 15 is 0 Å². The van der Waals surface area contributed by atoms with E-state index in [0.717, 1.165) is 0 Å². The summed E-state index contributed by atoms with van der Waals surface area (Å²) in [5.41, 5.74) is 0. The van der Waals surface area contributed by atoms with Gasteiger partial charge >= 0.3 is 9.05 Å². The number of rotatable bonds is 8. The van der Waals surface area contributed by atoms with Gasteiger partial charge in [0.15, 0.2) is 0 Å². The van der Waals surface area contributed by atoms with Crippen molar-refractivity contribution in [3.05, 3.63) is 0 Å². The minimum absolute atomic E-state index is 0.124. The van der Waals surface area contributed by atoms with Crippen molar-refractivity contribution in [3.63, 3.8) is 0 Å². The monoisotopic (exact) mass is 240 g/mol. The predicted octanol–water partition coefficient (Wildman–Crippen LogP) is 1.43. The summed E-state index contributed by atoms with van der Waals surface area (Å²) in [6.07, 6.45) is -0.249. The van der Waals surface area contributed by atoms with Crippen LogP contribution < -0.4 is 0 Å². The average Bonchev–Trinajstić information content (AvgIpc) is 2.01. The summed E-state index contributed by atoms with van der Waals surface area (Å²) in [5, 5.41) is 0. The summed E-state index contributed by atoms with van der Waals surface area (Å²) >= 11 is 0. The molecule has 0 radical (unpaired) electrons. The predicted molar refractivity (Wildman–Crippen MR) is 54.4 cm³/mol. The van der Waals surface area contributed by atoms with Gasteiger partial charge in [-0.1, -0.05) is 0 Å². The van der Waals surface area contributed by atoms with Crippen LogP contribution in [0.2, 0.25) is 0 Å². The molecule has 0 unspecified atom stereocenters. The molecule has 0 saturated heterocycles. The van der Waals surface area contributed by atoms with Gasteiger partial charge in [-0.05, 0) is 27.7 Å². The third kappa shape index (κ3) is 6.20. The molecular weight excluding hydrogens is 220 g/mol. The van der Waals surface area contributed by atoms with E-state index in [4.69, 9.17) is 18.0 Å². The first-order valence-electron chi connectivity index (χ1n) is 4.75. The molecule has 0 saturated carbocycles. The van der Waals surface area contributed by atoms with Crippen molar-refractivity contribution >= 4 is 9.05 Å². The van der Waals surface area contributed by atoms with Crippen LogP contribution >= 0.6 is 0 Å². The average molecular weight is 240 g/mol. The lowest BCUT2D eigenvalue weighted by atomic mass is 10.5. The molecule has 6 nitrogen and oxygen atoms in total. The minimum atomic E-state index is -3.37. The Morgan fingerprint density at radius 2 is 1.07 bits per heavy atom. The zero-order valence-electron chi connectivity index (χ0n) is 10.1. The fourth-order valence-electron chi connectivity index (χ4n) is 0.902. The summed E-state index contributed by atoms with van der Waals surface area (Å²) in [5.74, 6) is 0. The quantitative estimate of drug-likeness (QED) is 0.363.